The Labute approximate surface area is 85.0 Å². The summed E-state index contributed by atoms with van der Waals surface area (Å²) >= 11 is 0. The fraction of sp³-hybridized carbons (Fsp3) is 0.111. The Morgan fingerprint density at radius 3 is 2.73 bits per heavy atom. The van der Waals surface area contributed by atoms with E-state index in [0.29, 0.717) is 12.2 Å². The zero-order chi connectivity index (χ0) is 10.7. The first-order valence-corrected chi connectivity index (χ1v) is 4.29. The van der Waals surface area contributed by atoms with Gasteiger partial charge in [-0.2, -0.15) is 0 Å². The third kappa shape index (κ3) is 2.16. The van der Waals surface area contributed by atoms with Crippen LogP contribution in [0.25, 0.3) is 0 Å². The number of H-pyrrole nitrogens is 1. The van der Waals surface area contributed by atoms with Crippen molar-refractivity contribution in [3.63, 3.8) is 0 Å². The molecule has 2 rings (SSSR count). The number of rotatable bonds is 3. The van der Waals surface area contributed by atoms with Crippen LogP contribution < -0.4 is 0 Å². The molecule has 76 valence electrons. The van der Waals surface area contributed by atoms with Gasteiger partial charge >= 0.3 is 5.97 Å². The highest BCUT2D eigenvalue weighted by Crippen LogP contribution is 2.03. The van der Waals surface area contributed by atoms with Crippen LogP contribution in [0.2, 0.25) is 0 Å². The molecular formula is C9H8N4O2. The van der Waals surface area contributed by atoms with Gasteiger partial charge in [0, 0.05) is 18.8 Å². The minimum absolute atomic E-state index is 0.209. The summed E-state index contributed by atoms with van der Waals surface area (Å²) in [6.07, 6.45) is 3.86. The lowest BCUT2D eigenvalue weighted by atomic mass is 10.2. The van der Waals surface area contributed by atoms with Gasteiger partial charge in [0.15, 0.2) is 0 Å². The van der Waals surface area contributed by atoms with Gasteiger partial charge in [-0.1, -0.05) is 0 Å². The van der Waals surface area contributed by atoms with Crippen LogP contribution in [0.1, 0.15) is 22.0 Å². The third-order valence-electron chi connectivity index (χ3n) is 1.84. The second kappa shape index (κ2) is 3.87. The van der Waals surface area contributed by atoms with Crippen molar-refractivity contribution < 1.29 is 9.90 Å². The smallest absolute Gasteiger partial charge is 0.375 e. The summed E-state index contributed by atoms with van der Waals surface area (Å²) in [5.74, 6) is -0.815. The molecule has 0 bridgehead atoms. The van der Waals surface area contributed by atoms with Crippen molar-refractivity contribution in [2.45, 2.75) is 6.42 Å². The molecule has 0 unspecified atom stereocenters. The van der Waals surface area contributed by atoms with E-state index in [1.807, 2.05) is 12.1 Å². The largest absolute Gasteiger partial charge is 0.475 e. The van der Waals surface area contributed by atoms with Crippen LogP contribution >= 0.6 is 0 Å². The van der Waals surface area contributed by atoms with Gasteiger partial charge in [-0.25, -0.2) is 9.78 Å². The molecule has 2 aromatic rings. The van der Waals surface area contributed by atoms with Crippen molar-refractivity contribution >= 4 is 5.97 Å². The number of aromatic carboxylic acids is 1. The number of nitrogens with one attached hydrogen (secondary N) is 1. The first-order valence-electron chi connectivity index (χ1n) is 4.29. The molecule has 2 N–H and O–H groups in total. The van der Waals surface area contributed by atoms with Crippen molar-refractivity contribution in [2.75, 3.05) is 0 Å². The van der Waals surface area contributed by atoms with Crippen LogP contribution in [0.4, 0.5) is 0 Å². The van der Waals surface area contributed by atoms with Crippen molar-refractivity contribution in [1.29, 1.82) is 0 Å². The number of nitrogens with zero attached hydrogens (tertiary/aromatic N) is 3. The Bertz CT molecular complexity index is 466. The first-order chi connectivity index (χ1) is 7.25. The van der Waals surface area contributed by atoms with E-state index in [9.17, 15) is 4.79 Å². The summed E-state index contributed by atoms with van der Waals surface area (Å²) in [7, 11) is 0. The molecule has 0 spiro atoms. The number of carboxylic acids is 1. The zero-order valence-corrected chi connectivity index (χ0v) is 7.71. The van der Waals surface area contributed by atoms with E-state index < -0.39 is 5.97 Å². The summed E-state index contributed by atoms with van der Waals surface area (Å²) in [4.78, 5) is 18.2. The number of aromatic amines is 1. The van der Waals surface area contributed by atoms with Crippen LogP contribution in [-0.2, 0) is 6.42 Å². The van der Waals surface area contributed by atoms with Crippen LogP contribution in [-0.4, -0.2) is 31.2 Å². The number of hydrogen-bond acceptors (Lipinski definition) is 4. The second-order valence-electron chi connectivity index (χ2n) is 2.94. The maximum atomic E-state index is 10.5. The minimum Gasteiger partial charge on any atom is -0.475 e. The molecule has 6 heteroatoms. The maximum Gasteiger partial charge on any atom is 0.375 e. The molecule has 0 aliphatic heterocycles. The number of pyridine rings is 1. The molecule has 2 aromatic heterocycles. The maximum absolute atomic E-state index is 10.5. The molecule has 0 aromatic carbocycles. The highest BCUT2D eigenvalue weighted by Gasteiger charge is 2.09. The molecule has 0 aliphatic rings. The third-order valence-corrected chi connectivity index (χ3v) is 1.84. The Morgan fingerprint density at radius 2 is 2.13 bits per heavy atom. The summed E-state index contributed by atoms with van der Waals surface area (Å²) < 4.78 is 0. The molecule has 0 fully saturated rings. The van der Waals surface area contributed by atoms with E-state index in [4.69, 9.17) is 5.11 Å². The van der Waals surface area contributed by atoms with Gasteiger partial charge in [-0.3, -0.25) is 10.1 Å². The Hall–Kier alpha value is -2.24. The fourth-order valence-corrected chi connectivity index (χ4v) is 1.16. The molecule has 0 amide bonds. The van der Waals surface area contributed by atoms with E-state index in [2.05, 4.69) is 20.2 Å². The molecule has 0 aliphatic carbocycles. The molecular weight excluding hydrogens is 196 g/mol. The second-order valence-corrected chi connectivity index (χ2v) is 2.94. The number of carbonyl (C=O) groups is 1. The standard InChI is InChI=1S/C9H8N4O2/c14-9(15)8-11-7(12-13-8)5-6-1-3-10-4-2-6/h1-4H,5H2,(H,14,15)(H,11,12,13). The van der Waals surface area contributed by atoms with Crippen molar-refractivity contribution in [1.82, 2.24) is 20.2 Å². The van der Waals surface area contributed by atoms with Gasteiger partial charge in [0.1, 0.15) is 5.82 Å². The van der Waals surface area contributed by atoms with Crippen LogP contribution in [0.5, 0.6) is 0 Å². The van der Waals surface area contributed by atoms with Crippen LogP contribution in [0.3, 0.4) is 0 Å². The molecule has 2 heterocycles. The average Bonchev–Trinajstić information content (AvgIpc) is 2.68. The molecule has 0 atom stereocenters. The van der Waals surface area contributed by atoms with Gasteiger partial charge in [-0.15, -0.1) is 5.10 Å². The predicted molar refractivity (Wildman–Crippen MR) is 50.4 cm³/mol. The summed E-state index contributed by atoms with van der Waals surface area (Å²) in [6.45, 7) is 0. The number of hydrogen-bond donors (Lipinski definition) is 2. The van der Waals surface area contributed by atoms with Gasteiger partial charge in [-0.05, 0) is 17.7 Å². The zero-order valence-electron chi connectivity index (χ0n) is 7.71. The molecule has 15 heavy (non-hydrogen) atoms. The molecule has 6 nitrogen and oxygen atoms in total. The normalized spacial score (nSPS) is 10.1. The lowest BCUT2D eigenvalue weighted by Crippen LogP contribution is -1.99. The highest BCUT2D eigenvalue weighted by atomic mass is 16.4. The van der Waals surface area contributed by atoms with Gasteiger partial charge in [0.25, 0.3) is 5.82 Å². The number of carboxylic acid groups (broad SMARTS) is 1. The minimum atomic E-state index is -1.13. The first kappa shape index (κ1) is 9.32. The lowest BCUT2D eigenvalue weighted by molar-refractivity contribution is 0.0684. The van der Waals surface area contributed by atoms with E-state index in [1.54, 1.807) is 12.4 Å². The topological polar surface area (TPSA) is 91.8 Å². The van der Waals surface area contributed by atoms with Crippen molar-refractivity contribution in [2.24, 2.45) is 0 Å². The summed E-state index contributed by atoms with van der Waals surface area (Å²) in [5.41, 5.74) is 0.998. The Morgan fingerprint density at radius 1 is 1.40 bits per heavy atom. The fourth-order valence-electron chi connectivity index (χ4n) is 1.16. The average molecular weight is 204 g/mol. The van der Waals surface area contributed by atoms with E-state index in [0.717, 1.165) is 5.56 Å². The lowest BCUT2D eigenvalue weighted by Gasteiger charge is -1.94. The van der Waals surface area contributed by atoms with Gasteiger partial charge in [0.05, 0.1) is 0 Å². The van der Waals surface area contributed by atoms with E-state index >= 15 is 0 Å². The number of aromatic nitrogens is 4. The van der Waals surface area contributed by atoms with Crippen molar-refractivity contribution in [3.8, 4) is 0 Å². The Kier molecular flexibility index (Phi) is 2.40. The predicted octanol–water partition coefficient (Wildman–Crippen LogP) is 0.489. The quantitative estimate of drug-likeness (QED) is 0.759. The molecule has 0 saturated heterocycles. The van der Waals surface area contributed by atoms with E-state index in [-0.39, 0.29) is 5.82 Å². The Balaban J connectivity index is 2.15. The van der Waals surface area contributed by atoms with Gasteiger partial charge < -0.3 is 5.11 Å². The molecule has 0 saturated carbocycles. The van der Waals surface area contributed by atoms with Crippen LogP contribution in [0, 0.1) is 0 Å². The molecule has 0 radical (unpaired) electrons. The monoisotopic (exact) mass is 204 g/mol. The summed E-state index contributed by atoms with van der Waals surface area (Å²) in [5, 5.41) is 14.7. The summed E-state index contributed by atoms with van der Waals surface area (Å²) in [6, 6.07) is 3.67. The van der Waals surface area contributed by atoms with Crippen molar-refractivity contribution in [3.05, 3.63) is 41.7 Å². The van der Waals surface area contributed by atoms with E-state index in [1.165, 1.54) is 0 Å². The van der Waals surface area contributed by atoms with Gasteiger partial charge in [0.2, 0.25) is 0 Å². The highest BCUT2D eigenvalue weighted by molar-refractivity contribution is 5.82. The van der Waals surface area contributed by atoms with Crippen LogP contribution in [0.15, 0.2) is 24.5 Å². The SMILES string of the molecule is O=C(O)c1n[nH]c(Cc2ccncc2)n1.